The Bertz CT molecular complexity index is 1400. The van der Waals surface area contributed by atoms with Gasteiger partial charge in [0.2, 0.25) is 5.88 Å². The zero-order valence-corrected chi connectivity index (χ0v) is 18.3. The molecule has 1 N–H and O–H groups in total. The number of carbonyl (C=O) groups excluding carboxylic acids is 2. The molecule has 0 fully saturated rings. The quantitative estimate of drug-likeness (QED) is 0.339. The second-order valence-electron chi connectivity index (χ2n) is 7.67. The molecule has 0 aliphatic carbocycles. The van der Waals surface area contributed by atoms with Crippen LogP contribution >= 0.6 is 0 Å². The summed E-state index contributed by atoms with van der Waals surface area (Å²) in [6.45, 7) is 3.66. The first kappa shape index (κ1) is 22.1. The number of Topliss-reactive ketones (excluding diaryl/α,β-unsaturated/α-hetero) is 1. The normalized spacial score (nSPS) is 10.9. The molecule has 0 saturated heterocycles. The highest BCUT2D eigenvalue weighted by atomic mass is 19.1. The van der Waals surface area contributed by atoms with Gasteiger partial charge in [0.1, 0.15) is 11.6 Å². The standard InChI is InChI=1S/C25H21F2N3O3/c1-14-4-7-21-19(10-14)23(15(2)30(21)13-16-5-6-17(26)11-20(16)27)24(31)25(32)29-18-8-9-28-22(12-18)33-3/h4-12H,13H2,1-3H3,(H,28,29,32). The van der Waals surface area contributed by atoms with Gasteiger partial charge in [0, 0.05) is 46.2 Å². The summed E-state index contributed by atoms with van der Waals surface area (Å²) in [6.07, 6.45) is 1.46. The molecule has 0 spiro atoms. The van der Waals surface area contributed by atoms with Crippen molar-refractivity contribution in [3.05, 3.63) is 88.7 Å². The van der Waals surface area contributed by atoms with E-state index in [0.717, 1.165) is 11.6 Å². The molecule has 0 bridgehead atoms. The number of nitrogens with zero attached hydrogens (tertiary/aromatic N) is 2. The van der Waals surface area contributed by atoms with Gasteiger partial charge in [-0.2, -0.15) is 0 Å². The molecule has 0 aliphatic heterocycles. The van der Waals surface area contributed by atoms with Crippen molar-refractivity contribution in [3.63, 3.8) is 0 Å². The molecule has 2 heterocycles. The van der Waals surface area contributed by atoms with Crippen molar-refractivity contribution in [3.8, 4) is 5.88 Å². The van der Waals surface area contributed by atoms with Crippen LogP contribution in [0.25, 0.3) is 10.9 Å². The van der Waals surface area contributed by atoms with Crippen molar-refractivity contribution in [2.45, 2.75) is 20.4 Å². The Hall–Kier alpha value is -4.07. The number of rotatable bonds is 6. The summed E-state index contributed by atoms with van der Waals surface area (Å²) in [4.78, 5) is 30.0. The highest BCUT2D eigenvalue weighted by molar-refractivity contribution is 6.48. The van der Waals surface area contributed by atoms with E-state index in [2.05, 4.69) is 10.3 Å². The first-order chi connectivity index (χ1) is 15.8. The Morgan fingerprint density at radius 3 is 2.58 bits per heavy atom. The number of amides is 1. The van der Waals surface area contributed by atoms with Gasteiger partial charge in [0.05, 0.1) is 19.2 Å². The fourth-order valence-corrected chi connectivity index (χ4v) is 3.81. The van der Waals surface area contributed by atoms with Gasteiger partial charge in [-0.05, 0) is 38.1 Å². The fraction of sp³-hybridized carbons (Fsp3) is 0.160. The lowest BCUT2D eigenvalue weighted by Crippen LogP contribution is -2.23. The predicted octanol–water partition coefficient (Wildman–Crippen LogP) is 4.81. The number of benzene rings is 2. The SMILES string of the molecule is COc1cc(NC(=O)C(=O)c2c(C)n(Cc3ccc(F)cc3F)c3ccc(C)cc23)ccn1. The predicted molar refractivity (Wildman–Crippen MR) is 121 cm³/mol. The lowest BCUT2D eigenvalue weighted by molar-refractivity contribution is -0.112. The molecule has 2 aromatic carbocycles. The number of nitrogens with one attached hydrogen (secondary N) is 1. The number of anilines is 1. The number of hydrogen-bond donors (Lipinski definition) is 1. The molecule has 0 aliphatic rings. The lowest BCUT2D eigenvalue weighted by atomic mass is 10.0. The van der Waals surface area contributed by atoms with Crippen LogP contribution in [-0.4, -0.2) is 28.4 Å². The van der Waals surface area contributed by atoms with Gasteiger partial charge in [-0.15, -0.1) is 0 Å². The van der Waals surface area contributed by atoms with E-state index in [1.54, 1.807) is 17.6 Å². The number of ketones is 1. The van der Waals surface area contributed by atoms with Gasteiger partial charge in [-0.1, -0.05) is 17.7 Å². The summed E-state index contributed by atoms with van der Waals surface area (Å²) >= 11 is 0. The smallest absolute Gasteiger partial charge is 0.296 e. The van der Waals surface area contributed by atoms with Crippen molar-refractivity contribution >= 4 is 28.3 Å². The van der Waals surface area contributed by atoms with Gasteiger partial charge in [-0.3, -0.25) is 9.59 Å². The number of hydrogen-bond acceptors (Lipinski definition) is 4. The first-order valence-electron chi connectivity index (χ1n) is 10.2. The van der Waals surface area contributed by atoms with E-state index in [0.29, 0.717) is 28.2 Å². The monoisotopic (exact) mass is 449 g/mol. The zero-order chi connectivity index (χ0) is 23.7. The molecule has 6 nitrogen and oxygen atoms in total. The van der Waals surface area contributed by atoms with Crippen LogP contribution in [0.3, 0.4) is 0 Å². The Morgan fingerprint density at radius 2 is 1.85 bits per heavy atom. The Kier molecular flexibility index (Phi) is 5.91. The number of halogens is 2. The van der Waals surface area contributed by atoms with E-state index in [1.165, 1.54) is 31.5 Å². The molecule has 33 heavy (non-hydrogen) atoms. The topological polar surface area (TPSA) is 73.2 Å². The Balaban J connectivity index is 1.75. The van der Waals surface area contributed by atoms with Gasteiger partial charge in [0.25, 0.3) is 11.7 Å². The average Bonchev–Trinajstić information content (AvgIpc) is 3.05. The van der Waals surface area contributed by atoms with Crippen molar-refractivity contribution in [1.29, 1.82) is 0 Å². The number of aryl methyl sites for hydroxylation is 1. The third kappa shape index (κ3) is 4.32. The summed E-state index contributed by atoms with van der Waals surface area (Å²) < 4.78 is 34.5. The molecular weight excluding hydrogens is 428 g/mol. The molecule has 0 atom stereocenters. The highest BCUT2D eigenvalue weighted by Crippen LogP contribution is 2.29. The Morgan fingerprint density at radius 1 is 1.06 bits per heavy atom. The molecule has 0 saturated carbocycles. The molecule has 168 valence electrons. The van der Waals surface area contributed by atoms with E-state index in [9.17, 15) is 18.4 Å². The number of carbonyl (C=O) groups is 2. The van der Waals surface area contributed by atoms with Gasteiger partial charge in [-0.25, -0.2) is 13.8 Å². The molecule has 4 rings (SSSR count). The maximum absolute atomic E-state index is 14.3. The van der Waals surface area contributed by atoms with Crippen molar-refractivity contribution < 1.29 is 23.1 Å². The van der Waals surface area contributed by atoms with E-state index >= 15 is 0 Å². The van der Waals surface area contributed by atoms with Crippen molar-refractivity contribution in [2.24, 2.45) is 0 Å². The van der Waals surface area contributed by atoms with Crippen LogP contribution in [0.15, 0.2) is 54.7 Å². The van der Waals surface area contributed by atoms with Gasteiger partial charge < -0.3 is 14.6 Å². The maximum atomic E-state index is 14.3. The number of aromatic nitrogens is 2. The van der Waals surface area contributed by atoms with Crippen LogP contribution in [0.2, 0.25) is 0 Å². The third-order valence-electron chi connectivity index (χ3n) is 5.46. The summed E-state index contributed by atoms with van der Waals surface area (Å²) in [5.41, 5.74) is 2.95. The molecular formula is C25H21F2N3O3. The number of methoxy groups -OCH3 is 1. The molecule has 0 radical (unpaired) electrons. The summed E-state index contributed by atoms with van der Waals surface area (Å²) in [5.74, 6) is -2.59. The summed E-state index contributed by atoms with van der Waals surface area (Å²) in [5, 5.41) is 3.16. The molecule has 8 heteroatoms. The van der Waals surface area contributed by atoms with E-state index in [-0.39, 0.29) is 17.7 Å². The van der Waals surface area contributed by atoms with Crippen LogP contribution in [-0.2, 0) is 11.3 Å². The van der Waals surface area contributed by atoms with Gasteiger partial charge in [0.15, 0.2) is 0 Å². The lowest BCUT2D eigenvalue weighted by Gasteiger charge is -2.10. The van der Waals surface area contributed by atoms with Crippen LogP contribution in [0.4, 0.5) is 14.5 Å². The molecule has 1 amide bonds. The maximum Gasteiger partial charge on any atom is 0.296 e. The fourth-order valence-electron chi connectivity index (χ4n) is 3.81. The zero-order valence-electron chi connectivity index (χ0n) is 18.3. The van der Waals surface area contributed by atoms with Gasteiger partial charge >= 0.3 is 0 Å². The van der Waals surface area contributed by atoms with E-state index in [1.807, 2.05) is 25.1 Å². The summed E-state index contributed by atoms with van der Waals surface area (Å²) in [6, 6.07) is 11.9. The second-order valence-corrected chi connectivity index (χ2v) is 7.67. The van der Waals surface area contributed by atoms with Crippen LogP contribution in [0.5, 0.6) is 5.88 Å². The number of fused-ring (bicyclic) bond motifs is 1. The number of pyridine rings is 1. The first-order valence-corrected chi connectivity index (χ1v) is 10.2. The minimum atomic E-state index is -0.820. The minimum absolute atomic E-state index is 0.0773. The highest BCUT2D eigenvalue weighted by Gasteiger charge is 2.26. The third-order valence-corrected chi connectivity index (χ3v) is 5.46. The second kappa shape index (κ2) is 8.82. The van der Waals surface area contributed by atoms with Crippen LogP contribution < -0.4 is 10.1 Å². The van der Waals surface area contributed by atoms with E-state index in [4.69, 9.17) is 4.74 Å². The summed E-state index contributed by atoms with van der Waals surface area (Å²) in [7, 11) is 1.45. The van der Waals surface area contributed by atoms with Crippen molar-refractivity contribution in [1.82, 2.24) is 9.55 Å². The molecule has 4 aromatic rings. The molecule has 2 aromatic heterocycles. The van der Waals surface area contributed by atoms with Crippen molar-refractivity contribution in [2.75, 3.05) is 12.4 Å². The average molecular weight is 449 g/mol. The number of ether oxygens (including phenoxy) is 1. The largest absolute Gasteiger partial charge is 0.481 e. The Labute approximate surface area is 188 Å². The van der Waals surface area contributed by atoms with E-state index < -0.39 is 23.3 Å². The van der Waals surface area contributed by atoms with Crippen LogP contribution in [0.1, 0.15) is 27.2 Å². The van der Waals surface area contributed by atoms with Crippen LogP contribution in [0, 0.1) is 25.5 Å². The minimum Gasteiger partial charge on any atom is -0.481 e. The molecule has 0 unspecified atom stereocenters.